The van der Waals surface area contributed by atoms with E-state index in [4.69, 9.17) is 0 Å². The first-order chi connectivity index (χ1) is 13.1. The van der Waals surface area contributed by atoms with E-state index < -0.39 is 17.8 Å². The van der Waals surface area contributed by atoms with Gasteiger partial charge >= 0.3 is 6.18 Å². The van der Waals surface area contributed by atoms with Crippen LogP contribution in [0.4, 0.5) is 13.2 Å². The molecule has 0 bridgehead atoms. The van der Waals surface area contributed by atoms with Gasteiger partial charge in [0.15, 0.2) is 0 Å². The standard InChI is InChI=1S/C20H22F3N3O2/c1-12-8-16(10-26(12)11-24-18(27)14-6-7-14)19(28)25-13(2)15-4-3-5-17(9-15)20(21,22)23/h3-5,8-10,13-14H,6-7,11H2,1-2H3,(H,24,27)(H,25,28)/t13-/m1/s1. The first-order valence-electron chi connectivity index (χ1n) is 9.07. The molecular formula is C20H22F3N3O2. The van der Waals surface area contributed by atoms with Crippen LogP contribution in [0.3, 0.4) is 0 Å². The van der Waals surface area contributed by atoms with Gasteiger partial charge in [0.25, 0.3) is 5.91 Å². The third-order valence-corrected chi connectivity index (χ3v) is 4.81. The Balaban J connectivity index is 1.64. The van der Waals surface area contributed by atoms with E-state index in [1.54, 1.807) is 29.8 Å². The molecule has 2 N–H and O–H groups in total. The monoisotopic (exact) mass is 393 g/mol. The molecule has 2 aromatic rings. The Morgan fingerprint density at radius 3 is 2.61 bits per heavy atom. The van der Waals surface area contributed by atoms with E-state index in [9.17, 15) is 22.8 Å². The number of halogens is 3. The average molecular weight is 393 g/mol. The van der Waals surface area contributed by atoms with E-state index in [1.165, 1.54) is 6.07 Å². The fourth-order valence-corrected chi connectivity index (χ4v) is 2.91. The summed E-state index contributed by atoms with van der Waals surface area (Å²) in [7, 11) is 0. The number of amides is 2. The lowest BCUT2D eigenvalue weighted by molar-refractivity contribution is -0.137. The van der Waals surface area contributed by atoms with Crippen LogP contribution in [-0.4, -0.2) is 16.4 Å². The highest BCUT2D eigenvalue weighted by Crippen LogP contribution is 2.31. The first kappa shape index (κ1) is 20.0. The van der Waals surface area contributed by atoms with Crippen molar-refractivity contribution in [1.29, 1.82) is 0 Å². The minimum Gasteiger partial charge on any atom is -0.345 e. The zero-order chi connectivity index (χ0) is 20.5. The molecule has 1 aromatic heterocycles. The topological polar surface area (TPSA) is 63.1 Å². The summed E-state index contributed by atoms with van der Waals surface area (Å²) in [6.45, 7) is 3.72. The third kappa shape index (κ3) is 4.74. The highest BCUT2D eigenvalue weighted by atomic mass is 19.4. The molecule has 28 heavy (non-hydrogen) atoms. The molecule has 2 amide bonds. The molecule has 1 fully saturated rings. The molecule has 0 spiro atoms. The van der Waals surface area contributed by atoms with Crippen LogP contribution >= 0.6 is 0 Å². The molecule has 0 saturated heterocycles. The lowest BCUT2D eigenvalue weighted by Crippen LogP contribution is -2.28. The Labute approximate surface area is 160 Å². The molecule has 1 saturated carbocycles. The molecule has 0 unspecified atom stereocenters. The molecule has 1 aliphatic rings. The summed E-state index contributed by atoms with van der Waals surface area (Å²) >= 11 is 0. The summed E-state index contributed by atoms with van der Waals surface area (Å²) in [4.78, 5) is 24.2. The van der Waals surface area contributed by atoms with Gasteiger partial charge in [-0.05, 0) is 50.5 Å². The number of aromatic nitrogens is 1. The summed E-state index contributed by atoms with van der Waals surface area (Å²) in [5.74, 6) is -0.274. The van der Waals surface area contributed by atoms with Crippen molar-refractivity contribution in [2.24, 2.45) is 5.92 Å². The minimum atomic E-state index is -4.43. The zero-order valence-corrected chi connectivity index (χ0v) is 15.6. The SMILES string of the molecule is Cc1cc(C(=O)N[C@H](C)c2cccc(C(F)(F)F)c2)cn1CNC(=O)C1CC1. The van der Waals surface area contributed by atoms with Crippen LogP contribution < -0.4 is 10.6 Å². The molecule has 8 heteroatoms. The van der Waals surface area contributed by atoms with Crippen molar-refractivity contribution >= 4 is 11.8 Å². The van der Waals surface area contributed by atoms with Gasteiger partial charge in [-0.15, -0.1) is 0 Å². The highest BCUT2D eigenvalue weighted by molar-refractivity contribution is 5.94. The summed E-state index contributed by atoms with van der Waals surface area (Å²) in [5.41, 5.74) is 0.806. The predicted octanol–water partition coefficient (Wildman–Crippen LogP) is 3.79. The van der Waals surface area contributed by atoms with E-state index in [0.29, 0.717) is 11.1 Å². The van der Waals surface area contributed by atoms with Crippen molar-refractivity contribution in [2.45, 2.75) is 45.6 Å². The molecule has 3 rings (SSSR count). The van der Waals surface area contributed by atoms with Crippen LogP contribution in [0, 0.1) is 12.8 Å². The van der Waals surface area contributed by atoms with Gasteiger partial charge < -0.3 is 15.2 Å². The van der Waals surface area contributed by atoms with Crippen LogP contribution in [0.1, 0.15) is 53.0 Å². The Bertz CT molecular complexity index is 885. The number of alkyl halides is 3. The van der Waals surface area contributed by atoms with Gasteiger partial charge in [0.2, 0.25) is 5.91 Å². The van der Waals surface area contributed by atoms with Gasteiger partial charge in [-0.2, -0.15) is 13.2 Å². The van der Waals surface area contributed by atoms with Gasteiger partial charge in [0.1, 0.15) is 0 Å². The summed E-state index contributed by atoms with van der Waals surface area (Å²) < 4.78 is 40.4. The number of carbonyl (C=O) groups is 2. The number of rotatable bonds is 6. The van der Waals surface area contributed by atoms with Crippen molar-refractivity contribution in [3.63, 3.8) is 0 Å². The maximum absolute atomic E-state index is 12.9. The summed E-state index contributed by atoms with van der Waals surface area (Å²) in [6.07, 6.45) is -0.981. The average Bonchev–Trinajstić information content (AvgIpc) is 3.42. The second-order valence-electron chi connectivity index (χ2n) is 7.13. The largest absolute Gasteiger partial charge is 0.416 e. The maximum Gasteiger partial charge on any atom is 0.416 e. The number of hydrogen-bond donors (Lipinski definition) is 2. The molecule has 150 valence electrons. The van der Waals surface area contributed by atoms with E-state index in [1.807, 2.05) is 6.92 Å². The normalized spacial score (nSPS) is 15.2. The lowest BCUT2D eigenvalue weighted by Gasteiger charge is -2.16. The summed E-state index contributed by atoms with van der Waals surface area (Å²) in [6, 6.07) is 5.99. The Kier molecular flexibility index (Phi) is 5.49. The maximum atomic E-state index is 12.9. The second-order valence-corrected chi connectivity index (χ2v) is 7.13. The van der Waals surface area contributed by atoms with Crippen molar-refractivity contribution in [1.82, 2.24) is 15.2 Å². The van der Waals surface area contributed by atoms with E-state index in [2.05, 4.69) is 10.6 Å². The van der Waals surface area contributed by atoms with Crippen LogP contribution in [0.5, 0.6) is 0 Å². The second kappa shape index (κ2) is 7.69. The third-order valence-electron chi connectivity index (χ3n) is 4.81. The highest BCUT2D eigenvalue weighted by Gasteiger charge is 2.31. The van der Waals surface area contributed by atoms with E-state index in [0.717, 1.165) is 30.7 Å². The lowest BCUT2D eigenvalue weighted by atomic mass is 10.0. The fourth-order valence-electron chi connectivity index (χ4n) is 2.91. The van der Waals surface area contributed by atoms with Gasteiger partial charge in [0, 0.05) is 17.8 Å². The Hall–Kier alpha value is -2.77. The molecule has 0 aliphatic heterocycles. The molecule has 0 radical (unpaired) electrons. The van der Waals surface area contributed by atoms with Gasteiger partial charge in [0.05, 0.1) is 23.8 Å². The molecule has 1 atom stereocenters. The number of carbonyl (C=O) groups excluding carboxylic acids is 2. The fraction of sp³-hybridized carbons (Fsp3) is 0.400. The van der Waals surface area contributed by atoms with Crippen LogP contribution in [0.15, 0.2) is 36.5 Å². The van der Waals surface area contributed by atoms with Crippen LogP contribution in [0.2, 0.25) is 0 Å². The minimum absolute atomic E-state index is 0.0114. The van der Waals surface area contributed by atoms with Crippen molar-refractivity contribution in [3.05, 3.63) is 58.9 Å². The number of nitrogens with one attached hydrogen (secondary N) is 2. The smallest absolute Gasteiger partial charge is 0.345 e. The van der Waals surface area contributed by atoms with Crippen LogP contribution in [-0.2, 0) is 17.6 Å². The van der Waals surface area contributed by atoms with Crippen molar-refractivity contribution < 1.29 is 22.8 Å². The number of nitrogens with zero attached hydrogens (tertiary/aromatic N) is 1. The first-order valence-corrected chi connectivity index (χ1v) is 9.07. The van der Waals surface area contributed by atoms with E-state index >= 15 is 0 Å². The molecule has 1 heterocycles. The predicted molar refractivity (Wildman–Crippen MR) is 97.4 cm³/mol. The summed E-state index contributed by atoms with van der Waals surface area (Å²) in [5, 5.41) is 5.54. The van der Waals surface area contributed by atoms with Crippen molar-refractivity contribution in [3.8, 4) is 0 Å². The van der Waals surface area contributed by atoms with Gasteiger partial charge in [-0.25, -0.2) is 0 Å². The molecule has 1 aliphatic carbocycles. The Morgan fingerprint density at radius 1 is 1.25 bits per heavy atom. The van der Waals surface area contributed by atoms with Crippen molar-refractivity contribution in [2.75, 3.05) is 0 Å². The number of hydrogen-bond acceptors (Lipinski definition) is 2. The van der Waals surface area contributed by atoms with Gasteiger partial charge in [-0.3, -0.25) is 9.59 Å². The molecular weight excluding hydrogens is 371 g/mol. The number of benzene rings is 1. The van der Waals surface area contributed by atoms with Gasteiger partial charge in [-0.1, -0.05) is 12.1 Å². The number of aryl methyl sites for hydroxylation is 1. The van der Waals surface area contributed by atoms with Crippen LogP contribution in [0.25, 0.3) is 0 Å². The van der Waals surface area contributed by atoms with E-state index in [-0.39, 0.29) is 24.4 Å². The Morgan fingerprint density at radius 2 is 1.96 bits per heavy atom. The quantitative estimate of drug-likeness (QED) is 0.784. The molecule has 5 nitrogen and oxygen atoms in total. The zero-order valence-electron chi connectivity index (χ0n) is 15.6. The molecule has 1 aromatic carbocycles.